The maximum atomic E-state index is 4.20. The van der Waals surface area contributed by atoms with E-state index in [4.69, 9.17) is 0 Å². The molecule has 0 aliphatic carbocycles. The third-order valence-corrected chi connectivity index (χ3v) is 5.68. The van der Waals surface area contributed by atoms with Crippen LogP contribution in [0.1, 0.15) is 18.7 Å². The summed E-state index contributed by atoms with van der Waals surface area (Å²) in [7, 11) is 2.00. The monoisotopic (exact) mass is 257 g/mol. The van der Waals surface area contributed by atoms with E-state index in [2.05, 4.69) is 46.9 Å². The molecule has 2 atom stereocenters. The van der Waals surface area contributed by atoms with Crippen LogP contribution in [0.3, 0.4) is 0 Å². The fraction of sp³-hybridized carbons (Fsp3) is 0.727. The van der Waals surface area contributed by atoms with Gasteiger partial charge in [0, 0.05) is 48.3 Å². The zero-order chi connectivity index (χ0) is 11.4. The number of aromatic nitrogens is 2. The summed E-state index contributed by atoms with van der Waals surface area (Å²) >= 11 is 4.18. The second kappa shape index (κ2) is 5.98. The van der Waals surface area contributed by atoms with Crippen molar-refractivity contribution < 1.29 is 0 Å². The van der Waals surface area contributed by atoms with Crippen molar-refractivity contribution in [3.05, 3.63) is 18.0 Å². The summed E-state index contributed by atoms with van der Waals surface area (Å²) in [6.45, 7) is 3.31. The van der Waals surface area contributed by atoms with E-state index < -0.39 is 0 Å². The quantitative estimate of drug-likeness (QED) is 0.892. The van der Waals surface area contributed by atoms with Gasteiger partial charge in [0.1, 0.15) is 0 Å². The molecular weight excluding hydrogens is 238 g/mol. The van der Waals surface area contributed by atoms with Crippen molar-refractivity contribution in [2.24, 2.45) is 7.05 Å². The Balaban J connectivity index is 1.79. The molecule has 0 bridgehead atoms. The van der Waals surface area contributed by atoms with Crippen molar-refractivity contribution in [3.63, 3.8) is 0 Å². The molecule has 90 valence electrons. The van der Waals surface area contributed by atoms with Gasteiger partial charge in [-0.2, -0.15) is 28.6 Å². The van der Waals surface area contributed by atoms with Crippen molar-refractivity contribution in [2.45, 2.75) is 18.2 Å². The zero-order valence-corrected chi connectivity index (χ0v) is 11.5. The smallest absolute Gasteiger partial charge is 0.0547 e. The number of rotatable bonds is 4. The lowest BCUT2D eigenvalue weighted by Crippen LogP contribution is -2.31. The maximum Gasteiger partial charge on any atom is 0.0547 e. The molecule has 0 saturated carbocycles. The van der Waals surface area contributed by atoms with E-state index in [0.717, 1.165) is 11.8 Å². The summed E-state index contributed by atoms with van der Waals surface area (Å²) in [5, 5.41) is 8.57. The summed E-state index contributed by atoms with van der Waals surface area (Å²) in [6.07, 6.45) is 1.86. The molecule has 1 N–H and O–H groups in total. The van der Waals surface area contributed by atoms with Gasteiger partial charge < -0.3 is 5.32 Å². The maximum absolute atomic E-state index is 4.20. The van der Waals surface area contributed by atoms with Crippen LogP contribution in [-0.4, -0.2) is 38.8 Å². The molecule has 5 heteroatoms. The number of aryl methyl sites for hydroxylation is 1. The topological polar surface area (TPSA) is 29.9 Å². The van der Waals surface area contributed by atoms with E-state index in [0.29, 0.717) is 6.04 Å². The number of nitrogens with one attached hydrogen (secondary N) is 1. The van der Waals surface area contributed by atoms with Gasteiger partial charge in [-0.3, -0.25) is 4.68 Å². The Labute approximate surface area is 106 Å². The van der Waals surface area contributed by atoms with Gasteiger partial charge in [-0.1, -0.05) is 0 Å². The van der Waals surface area contributed by atoms with Crippen LogP contribution in [0.15, 0.2) is 12.3 Å². The summed E-state index contributed by atoms with van der Waals surface area (Å²) in [4.78, 5) is 0. The summed E-state index contributed by atoms with van der Waals surface area (Å²) in [5.74, 6) is 3.91. The molecule has 1 aromatic heterocycles. The second-order valence-electron chi connectivity index (χ2n) is 4.08. The van der Waals surface area contributed by atoms with E-state index in [1.807, 2.05) is 17.9 Å². The molecule has 2 rings (SSSR count). The molecule has 1 saturated heterocycles. The second-order valence-corrected chi connectivity index (χ2v) is 6.64. The van der Waals surface area contributed by atoms with Crippen molar-refractivity contribution in [2.75, 3.05) is 23.8 Å². The summed E-state index contributed by atoms with van der Waals surface area (Å²) < 4.78 is 1.94. The first-order valence-corrected chi connectivity index (χ1v) is 7.88. The van der Waals surface area contributed by atoms with Crippen LogP contribution in [0.5, 0.6) is 0 Å². The van der Waals surface area contributed by atoms with Crippen LogP contribution in [0.4, 0.5) is 0 Å². The Kier molecular flexibility index (Phi) is 4.61. The molecule has 2 unspecified atom stereocenters. The highest BCUT2D eigenvalue weighted by atomic mass is 32.2. The highest BCUT2D eigenvalue weighted by Gasteiger charge is 2.16. The van der Waals surface area contributed by atoms with Crippen molar-refractivity contribution in [1.29, 1.82) is 0 Å². The Bertz CT molecular complexity index is 321. The van der Waals surface area contributed by atoms with Crippen molar-refractivity contribution in [3.8, 4) is 0 Å². The molecule has 1 fully saturated rings. The van der Waals surface area contributed by atoms with Crippen LogP contribution in [0.25, 0.3) is 0 Å². The van der Waals surface area contributed by atoms with Gasteiger partial charge in [-0.25, -0.2) is 0 Å². The molecule has 1 aromatic rings. The van der Waals surface area contributed by atoms with Crippen LogP contribution >= 0.6 is 23.5 Å². The largest absolute Gasteiger partial charge is 0.308 e. The lowest BCUT2D eigenvalue weighted by molar-refractivity contribution is 0.533. The molecule has 0 amide bonds. The van der Waals surface area contributed by atoms with Gasteiger partial charge in [0.15, 0.2) is 0 Å². The van der Waals surface area contributed by atoms with E-state index in [-0.39, 0.29) is 0 Å². The van der Waals surface area contributed by atoms with Gasteiger partial charge in [0.25, 0.3) is 0 Å². The minimum absolute atomic E-state index is 0.389. The Morgan fingerprint density at radius 3 is 3.12 bits per heavy atom. The SMILES string of the molecule is CC(NCC1CSCCS1)c1ccnn1C. The van der Waals surface area contributed by atoms with E-state index in [1.165, 1.54) is 23.0 Å². The number of thioether (sulfide) groups is 2. The van der Waals surface area contributed by atoms with E-state index in [1.54, 1.807) is 0 Å². The Morgan fingerprint density at radius 2 is 2.50 bits per heavy atom. The molecule has 0 radical (unpaired) electrons. The van der Waals surface area contributed by atoms with Gasteiger partial charge in [0.2, 0.25) is 0 Å². The average Bonchev–Trinajstić information content (AvgIpc) is 2.74. The van der Waals surface area contributed by atoms with Crippen LogP contribution in [0.2, 0.25) is 0 Å². The Morgan fingerprint density at radius 1 is 1.62 bits per heavy atom. The first-order valence-electron chi connectivity index (χ1n) is 5.68. The highest BCUT2D eigenvalue weighted by Crippen LogP contribution is 2.24. The molecule has 16 heavy (non-hydrogen) atoms. The van der Waals surface area contributed by atoms with Crippen molar-refractivity contribution >= 4 is 23.5 Å². The summed E-state index contributed by atoms with van der Waals surface area (Å²) in [6, 6.07) is 2.47. The van der Waals surface area contributed by atoms with Gasteiger partial charge in [-0.05, 0) is 13.0 Å². The Hall–Kier alpha value is -0.130. The van der Waals surface area contributed by atoms with Crippen LogP contribution in [-0.2, 0) is 7.05 Å². The van der Waals surface area contributed by atoms with Crippen LogP contribution < -0.4 is 5.32 Å². The molecular formula is C11H19N3S2. The molecule has 0 aromatic carbocycles. The fourth-order valence-electron chi connectivity index (χ4n) is 1.88. The first kappa shape index (κ1) is 12.3. The average molecular weight is 257 g/mol. The molecule has 1 aliphatic heterocycles. The minimum Gasteiger partial charge on any atom is -0.308 e. The van der Waals surface area contributed by atoms with Gasteiger partial charge >= 0.3 is 0 Å². The predicted molar refractivity (Wildman–Crippen MR) is 73.2 cm³/mol. The highest BCUT2D eigenvalue weighted by molar-refractivity contribution is 8.06. The molecule has 3 nitrogen and oxygen atoms in total. The first-order chi connectivity index (χ1) is 7.77. The molecule has 1 aliphatic rings. The lowest BCUT2D eigenvalue weighted by atomic mass is 10.2. The lowest BCUT2D eigenvalue weighted by Gasteiger charge is -2.23. The number of hydrogen-bond acceptors (Lipinski definition) is 4. The fourth-order valence-corrected chi connectivity index (χ4v) is 4.50. The predicted octanol–water partition coefficient (Wildman–Crippen LogP) is 1.92. The normalized spacial score (nSPS) is 23.2. The number of nitrogens with zero attached hydrogens (tertiary/aromatic N) is 2. The number of hydrogen-bond donors (Lipinski definition) is 1. The molecule has 2 heterocycles. The van der Waals surface area contributed by atoms with E-state index in [9.17, 15) is 0 Å². The minimum atomic E-state index is 0.389. The van der Waals surface area contributed by atoms with Crippen molar-refractivity contribution in [1.82, 2.24) is 15.1 Å². The van der Waals surface area contributed by atoms with Gasteiger partial charge in [-0.15, -0.1) is 0 Å². The third-order valence-electron chi connectivity index (χ3n) is 2.84. The van der Waals surface area contributed by atoms with E-state index >= 15 is 0 Å². The standard InChI is InChI=1S/C11H19N3S2/c1-9(11-3-4-13-14(11)2)12-7-10-8-15-5-6-16-10/h3-4,9-10,12H,5-8H2,1-2H3. The zero-order valence-electron chi connectivity index (χ0n) is 9.85. The molecule has 0 spiro atoms. The van der Waals surface area contributed by atoms with Gasteiger partial charge in [0.05, 0.1) is 5.69 Å². The van der Waals surface area contributed by atoms with Crippen LogP contribution in [0, 0.1) is 0 Å². The summed E-state index contributed by atoms with van der Waals surface area (Å²) in [5.41, 5.74) is 1.26. The third kappa shape index (κ3) is 3.18.